The highest BCUT2D eigenvalue weighted by Crippen LogP contribution is 2.40. The van der Waals surface area contributed by atoms with E-state index in [1.807, 2.05) is 47.4 Å². The molecule has 3 aromatic rings. The molecule has 8 nitrogen and oxygen atoms in total. The maximum Gasteiger partial charge on any atom is 0.253 e. The van der Waals surface area contributed by atoms with Crippen LogP contribution in [-0.4, -0.2) is 82.0 Å². The molecule has 2 aliphatic rings. The smallest absolute Gasteiger partial charge is 0.253 e. The lowest BCUT2D eigenvalue weighted by atomic mass is 9.86. The second-order valence-corrected chi connectivity index (χ2v) is 12.2. The first kappa shape index (κ1) is 32.6. The van der Waals surface area contributed by atoms with E-state index in [1.54, 1.807) is 28.4 Å². The summed E-state index contributed by atoms with van der Waals surface area (Å²) in [5, 5.41) is 11.2. The van der Waals surface area contributed by atoms with Crippen molar-refractivity contribution in [2.45, 2.75) is 44.6 Å². The number of benzene rings is 3. The molecular formula is C37H48N2O6. The Balaban J connectivity index is 1.06. The molecule has 2 aliphatic heterocycles. The Kier molecular flexibility index (Phi) is 11.2. The highest BCUT2D eigenvalue weighted by Gasteiger charge is 2.31. The summed E-state index contributed by atoms with van der Waals surface area (Å²) < 4.78 is 22.1. The van der Waals surface area contributed by atoms with Crippen molar-refractivity contribution in [3.8, 4) is 23.0 Å². The quantitative estimate of drug-likeness (QED) is 0.275. The molecular weight excluding hydrogens is 568 g/mol. The minimum atomic E-state index is -0.672. The van der Waals surface area contributed by atoms with Gasteiger partial charge in [0.05, 0.1) is 34.5 Å². The molecule has 0 aromatic heterocycles. The van der Waals surface area contributed by atoms with Gasteiger partial charge in [-0.2, -0.15) is 0 Å². The average molecular weight is 617 g/mol. The number of nitrogens with zero attached hydrogens (tertiary/aromatic N) is 2. The molecule has 5 rings (SSSR count). The summed E-state index contributed by atoms with van der Waals surface area (Å²) in [7, 11) is 6.58. The number of hydrogen-bond donors (Lipinski definition) is 1. The number of aliphatic hydroxyl groups excluding tert-OH is 1. The highest BCUT2D eigenvalue weighted by molar-refractivity contribution is 5.94. The van der Waals surface area contributed by atoms with Crippen LogP contribution in [0.4, 0.5) is 0 Å². The Morgan fingerprint density at radius 2 is 1.40 bits per heavy atom. The van der Waals surface area contributed by atoms with Crippen molar-refractivity contribution in [1.29, 1.82) is 0 Å². The number of likely N-dealkylation sites (tertiary alicyclic amines) is 2. The zero-order valence-corrected chi connectivity index (χ0v) is 27.2. The SMILES string of the molecule is COc1cccc(CC2CCN(CCc3ccc(C(=O)N4CCC(C(O)c5cccc(OC)c5OC)CC4)cc3)CC2)c1OC. The van der Waals surface area contributed by atoms with E-state index in [1.165, 1.54) is 24.0 Å². The fourth-order valence-corrected chi connectivity index (χ4v) is 6.94. The Bertz CT molecular complexity index is 1390. The van der Waals surface area contributed by atoms with Gasteiger partial charge in [-0.05, 0) is 98.8 Å². The van der Waals surface area contributed by atoms with Crippen LogP contribution in [0.1, 0.15) is 58.8 Å². The number of ether oxygens (including phenoxy) is 4. The standard InChI is InChI=1S/C37H48N2O6/c1-42-32-9-5-7-30(35(32)44-3)25-27-16-21-38(22-17-27)20-15-26-11-13-29(14-12-26)37(41)39-23-18-28(19-24-39)34(40)31-8-6-10-33(43-2)36(31)45-4/h5-14,27-28,34,40H,15-25H2,1-4H3. The maximum atomic E-state index is 13.3. The molecule has 0 radical (unpaired) electrons. The number of aliphatic hydroxyl groups is 1. The number of carbonyl (C=O) groups is 1. The molecule has 2 saturated heterocycles. The van der Waals surface area contributed by atoms with Crippen molar-refractivity contribution < 1.29 is 28.8 Å². The Morgan fingerprint density at radius 1 is 0.778 bits per heavy atom. The summed E-state index contributed by atoms with van der Waals surface area (Å²) in [5.74, 6) is 3.59. The van der Waals surface area contributed by atoms with Crippen LogP contribution in [0.2, 0.25) is 0 Å². The van der Waals surface area contributed by atoms with Gasteiger partial charge in [-0.3, -0.25) is 4.79 Å². The van der Waals surface area contributed by atoms with E-state index >= 15 is 0 Å². The fraction of sp³-hybridized carbons (Fsp3) is 0.486. The van der Waals surface area contributed by atoms with E-state index < -0.39 is 6.10 Å². The summed E-state index contributed by atoms with van der Waals surface area (Å²) in [4.78, 5) is 17.8. The third-order valence-corrected chi connectivity index (χ3v) is 9.64. The second kappa shape index (κ2) is 15.5. The van der Waals surface area contributed by atoms with Crippen molar-refractivity contribution in [1.82, 2.24) is 9.80 Å². The van der Waals surface area contributed by atoms with Gasteiger partial charge in [-0.25, -0.2) is 0 Å². The highest BCUT2D eigenvalue weighted by atomic mass is 16.5. The van der Waals surface area contributed by atoms with Crippen molar-refractivity contribution >= 4 is 5.91 Å². The molecule has 242 valence electrons. The van der Waals surface area contributed by atoms with Crippen molar-refractivity contribution in [3.05, 3.63) is 82.9 Å². The van der Waals surface area contributed by atoms with Gasteiger partial charge in [0, 0.05) is 30.8 Å². The van der Waals surface area contributed by atoms with Crippen LogP contribution < -0.4 is 18.9 Å². The average Bonchev–Trinajstić information content (AvgIpc) is 3.10. The van der Waals surface area contributed by atoms with Crippen LogP contribution in [0.25, 0.3) is 0 Å². The predicted octanol–water partition coefficient (Wildman–Crippen LogP) is 5.80. The van der Waals surface area contributed by atoms with Crippen LogP contribution in [0.15, 0.2) is 60.7 Å². The number of carbonyl (C=O) groups excluding carboxylic acids is 1. The van der Waals surface area contributed by atoms with Crippen molar-refractivity contribution in [2.24, 2.45) is 11.8 Å². The lowest BCUT2D eigenvalue weighted by Gasteiger charge is -2.35. The number of methoxy groups -OCH3 is 4. The maximum absolute atomic E-state index is 13.3. The number of para-hydroxylation sites is 2. The lowest BCUT2D eigenvalue weighted by molar-refractivity contribution is 0.0452. The predicted molar refractivity (Wildman–Crippen MR) is 176 cm³/mol. The van der Waals surface area contributed by atoms with Crippen LogP contribution in [0.3, 0.4) is 0 Å². The van der Waals surface area contributed by atoms with E-state index in [0.29, 0.717) is 30.5 Å². The summed E-state index contributed by atoms with van der Waals surface area (Å²) in [5.41, 5.74) is 3.93. The third kappa shape index (κ3) is 7.74. The van der Waals surface area contributed by atoms with Gasteiger partial charge in [0.1, 0.15) is 0 Å². The lowest BCUT2D eigenvalue weighted by Crippen LogP contribution is -2.39. The van der Waals surface area contributed by atoms with E-state index in [2.05, 4.69) is 23.1 Å². The summed E-state index contributed by atoms with van der Waals surface area (Å²) in [6.07, 6.45) is 5.13. The van der Waals surface area contributed by atoms with Crippen LogP contribution >= 0.6 is 0 Å². The molecule has 1 atom stereocenters. The van der Waals surface area contributed by atoms with Crippen LogP contribution in [0, 0.1) is 11.8 Å². The monoisotopic (exact) mass is 616 g/mol. The first-order valence-electron chi connectivity index (χ1n) is 16.1. The topological polar surface area (TPSA) is 80.7 Å². The molecule has 2 fully saturated rings. The third-order valence-electron chi connectivity index (χ3n) is 9.64. The molecule has 8 heteroatoms. The normalized spacial score (nSPS) is 17.1. The molecule has 45 heavy (non-hydrogen) atoms. The first-order chi connectivity index (χ1) is 21.9. The molecule has 1 unspecified atom stereocenters. The largest absolute Gasteiger partial charge is 0.493 e. The molecule has 0 saturated carbocycles. The zero-order chi connectivity index (χ0) is 31.8. The summed E-state index contributed by atoms with van der Waals surface area (Å²) in [6, 6.07) is 19.8. The first-order valence-corrected chi connectivity index (χ1v) is 16.1. The van der Waals surface area contributed by atoms with E-state index in [0.717, 1.165) is 67.9 Å². The van der Waals surface area contributed by atoms with Gasteiger partial charge in [0.25, 0.3) is 5.91 Å². The van der Waals surface area contributed by atoms with Gasteiger partial charge in [-0.15, -0.1) is 0 Å². The Labute approximate surface area is 267 Å². The van der Waals surface area contributed by atoms with Crippen LogP contribution in [-0.2, 0) is 12.8 Å². The number of hydrogen-bond acceptors (Lipinski definition) is 7. The van der Waals surface area contributed by atoms with E-state index in [4.69, 9.17) is 18.9 Å². The second-order valence-electron chi connectivity index (χ2n) is 12.2. The fourth-order valence-electron chi connectivity index (χ4n) is 6.94. The van der Waals surface area contributed by atoms with Gasteiger partial charge in [0.2, 0.25) is 0 Å². The van der Waals surface area contributed by atoms with Gasteiger partial charge < -0.3 is 33.9 Å². The van der Waals surface area contributed by atoms with E-state index in [-0.39, 0.29) is 11.8 Å². The zero-order valence-electron chi connectivity index (χ0n) is 27.2. The van der Waals surface area contributed by atoms with Gasteiger partial charge >= 0.3 is 0 Å². The van der Waals surface area contributed by atoms with Crippen molar-refractivity contribution in [3.63, 3.8) is 0 Å². The summed E-state index contributed by atoms with van der Waals surface area (Å²) in [6.45, 7) is 4.46. The number of piperidine rings is 2. The number of amides is 1. The van der Waals surface area contributed by atoms with E-state index in [9.17, 15) is 9.90 Å². The van der Waals surface area contributed by atoms with Gasteiger partial charge in [-0.1, -0.05) is 36.4 Å². The molecule has 1 N–H and O–H groups in total. The summed E-state index contributed by atoms with van der Waals surface area (Å²) >= 11 is 0. The minimum Gasteiger partial charge on any atom is -0.493 e. The molecule has 0 spiro atoms. The Morgan fingerprint density at radius 3 is 2.02 bits per heavy atom. The molecule has 2 heterocycles. The minimum absolute atomic E-state index is 0.0483. The van der Waals surface area contributed by atoms with Gasteiger partial charge in [0.15, 0.2) is 23.0 Å². The molecule has 0 bridgehead atoms. The molecule has 3 aromatic carbocycles. The number of rotatable bonds is 12. The van der Waals surface area contributed by atoms with Crippen molar-refractivity contribution in [2.75, 3.05) is 61.2 Å². The Hall–Kier alpha value is -3.75. The molecule has 0 aliphatic carbocycles. The molecule has 1 amide bonds. The van der Waals surface area contributed by atoms with Crippen LogP contribution in [0.5, 0.6) is 23.0 Å².